The molecule has 1 aliphatic rings. The van der Waals surface area contributed by atoms with Crippen LogP contribution in [0.2, 0.25) is 0 Å². The van der Waals surface area contributed by atoms with Gasteiger partial charge in [-0.05, 0) is 30.7 Å². The standard InChI is InChI=1S/C18H20N2O4S/c1-13-4-3-5-15(10-13)12-25(22,23)19-16-6-7-18-17(11-16)20(14(2)21)8-9-24-18/h3-7,10-11,19H,8-9,12H2,1-2H3. The van der Waals surface area contributed by atoms with Gasteiger partial charge in [-0.2, -0.15) is 0 Å². The molecule has 25 heavy (non-hydrogen) atoms. The molecule has 0 atom stereocenters. The molecule has 0 spiro atoms. The molecule has 1 aliphatic heterocycles. The molecule has 1 N–H and O–H groups in total. The average molecular weight is 360 g/mol. The molecular formula is C18H20N2O4S. The number of hydrogen-bond donors (Lipinski definition) is 1. The van der Waals surface area contributed by atoms with E-state index in [2.05, 4.69) is 4.72 Å². The maximum absolute atomic E-state index is 12.4. The van der Waals surface area contributed by atoms with E-state index < -0.39 is 10.0 Å². The fourth-order valence-electron chi connectivity index (χ4n) is 2.85. The molecule has 1 amide bonds. The zero-order valence-electron chi connectivity index (χ0n) is 14.2. The first-order chi connectivity index (χ1) is 11.8. The summed E-state index contributed by atoms with van der Waals surface area (Å²) >= 11 is 0. The predicted octanol–water partition coefficient (Wildman–Crippen LogP) is 2.68. The monoisotopic (exact) mass is 360 g/mol. The van der Waals surface area contributed by atoms with Crippen LogP contribution in [-0.4, -0.2) is 27.5 Å². The molecule has 2 aromatic rings. The second-order valence-corrected chi connectivity index (χ2v) is 7.77. The molecule has 3 rings (SSSR count). The van der Waals surface area contributed by atoms with Crippen molar-refractivity contribution in [3.63, 3.8) is 0 Å². The lowest BCUT2D eigenvalue weighted by atomic mass is 10.2. The topological polar surface area (TPSA) is 75.7 Å². The quantitative estimate of drug-likeness (QED) is 0.910. The van der Waals surface area contributed by atoms with Gasteiger partial charge < -0.3 is 9.64 Å². The van der Waals surface area contributed by atoms with E-state index in [1.807, 2.05) is 25.1 Å². The van der Waals surface area contributed by atoms with Crippen LogP contribution in [0.15, 0.2) is 42.5 Å². The highest BCUT2D eigenvalue weighted by atomic mass is 32.2. The summed E-state index contributed by atoms with van der Waals surface area (Å²) in [5.74, 6) is 0.353. The third kappa shape index (κ3) is 4.11. The van der Waals surface area contributed by atoms with Gasteiger partial charge in [-0.1, -0.05) is 29.8 Å². The summed E-state index contributed by atoms with van der Waals surface area (Å²) in [6, 6.07) is 12.3. The number of hydrogen-bond acceptors (Lipinski definition) is 4. The lowest BCUT2D eigenvalue weighted by Crippen LogP contribution is -2.36. The van der Waals surface area contributed by atoms with Crippen molar-refractivity contribution in [3.05, 3.63) is 53.6 Å². The minimum absolute atomic E-state index is 0.107. The van der Waals surface area contributed by atoms with Crippen molar-refractivity contribution in [1.82, 2.24) is 0 Å². The molecule has 6 nitrogen and oxygen atoms in total. The normalized spacial score (nSPS) is 13.8. The maximum Gasteiger partial charge on any atom is 0.236 e. The lowest BCUT2D eigenvalue weighted by Gasteiger charge is -2.29. The summed E-state index contributed by atoms with van der Waals surface area (Å²) in [7, 11) is -3.56. The number of anilines is 2. The van der Waals surface area contributed by atoms with Gasteiger partial charge in [0.1, 0.15) is 12.4 Å². The van der Waals surface area contributed by atoms with E-state index in [4.69, 9.17) is 4.74 Å². The number of ether oxygens (including phenoxy) is 1. The Kier molecular flexibility index (Phi) is 4.67. The molecular weight excluding hydrogens is 340 g/mol. The average Bonchev–Trinajstić information content (AvgIpc) is 2.53. The highest BCUT2D eigenvalue weighted by Crippen LogP contribution is 2.34. The van der Waals surface area contributed by atoms with E-state index >= 15 is 0 Å². The molecule has 0 unspecified atom stereocenters. The van der Waals surface area contributed by atoms with Crippen molar-refractivity contribution in [3.8, 4) is 5.75 Å². The van der Waals surface area contributed by atoms with E-state index in [0.29, 0.717) is 30.3 Å². The summed E-state index contributed by atoms with van der Waals surface area (Å²) in [5.41, 5.74) is 2.72. The SMILES string of the molecule is CC(=O)N1CCOc2ccc(NS(=O)(=O)Cc3cccc(C)c3)cc21. The van der Waals surface area contributed by atoms with Crippen molar-refractivity contribution in [2.45, 2.75) is 19.6 Å². The second-order valence-electron chi connectivity index (χ2n) is 6.05. The molecule has 0 bridgehead atoms. The summed E-state index contributed by atoms with van der Waals surface area (Å²) in [6.45, 7) is 4.26. The van der Waals surface area contributed by atoms with Crippen LogP contribution in [0.5, 0.6) is 5.75 Å². The number of fused-ring (bicyclic) bond motifs is 1. The molecule has 132 valence electrons. The highest BCUT2D eigenvalue weighted by molar-refractivity contribution is 7.91. The van der Waals surface area contributed by atoms with Crippen LogP contribution in [-0.2, 0) is 20.6 Å². The van der Waals surface area contributed by atoms with Gasteiger partial charge in [0.2, 0.25) is 15.9 Å². The zero-order chi connectivity index (χ0) is 18.0. The van der Waals surface area contributed by atoms with Crippen LogP contribution >= 0.6 is 0 Å². The van der Waals surface area contributed by atoms with E-state index in [1.54, 1.807) is 29.2 Å². The van der Waals surface area contributed by atoms with Gasteiger partial charge in [0, 0.05) is 6.92 Å². The van der Waals surface area contributed by atoms with Gasteiger partial charge >= 0.3 is 0 Å². The predicted molar refractivity (Wildman–Crippen MR) is 97.4 cm³/mol. The minimum Gasteiger partial charge on any atom is -0.490 e. The van der Waals surface area contributed by atoms with Crippen LogP contribution in [0.3, 0.4) is 0 Å². The number of aryl methyl sites for hydroxylation is 1. The molecule has 0 saturated heterocycles. The number of sulfonamides is 1. The van der Waals surface area contributed by atoms with Crippen LogP contribution in [0.25, 0.3) is 0 Å². The number of rotatable bonds is 4. The van der Waals surface area contributed by atoms with Gasteiger partial charge in [0.25, 0.3) is 0 Å². The van der Waals surface area contributed by atoms with Crippen LogP contribution < -0.4 is 14.4 Å². The first kappa shape index (κ1) is 17.3. The molecule has 7 heteroatoms. The second kappa shape index (κ2) is 6.76. The van der Waals surface area contributed by atoms with Crippen molar-refractivity contribution < 1.29 is 17.9 Å². The Labute approximate surface area is 147 Å². The van der Waals surface area contributed by atoms with E-state index in [1.165, 1.54) is 6.92 Å². The molecule has 0 fully saturated rings. The van der Waals surface area contributed by atoms with E-state index in [9.17, 15) is 13.2 Å². The Morgan fingerprint density at radius 3 is 2.76 bits per heavy atom. The van der Waals surface area contributed by atoms with Crippen molar-refractivity contribution >= 4 is 27.3 Å². The van der Waals surface area contributed by atoms with Crippen molar-refractivity contribution in [2.75, 3.05) is 22.8 Å². The smallest absolute Gasteiger partial charge is 0.236 e. The number of amides is 1. The zero-order valence-corrected chi connectivity index (χ0v) is 15.0. The molecule has 0 aliphatic carbocycles. The summed E-state index contributed by atoms with van der Waals surface area (Å²) in [4.78, 5) is 13.3. The summed E-state index contributed by atoms with van der Waals surface area (Å²) in [5, 5.41) is 0. The number of nitrogens with one attached hydrogen (secondary N) is 1. The summed E-state index contributed by atoms with van der Waals surface area (Å²) in [6.07, 6.45) is 0. The maximum atomic E-state index is 12.4. The largest absolute Gasteiger partial charge is 0.490 e. The number of carbonyl (C=O) groups excluding carboxylic acids is 1. The number of nitrogens with zero attached hydrogens (tertiary/aromatic N) is 1. The van der Waals surface area contributed by atoms with Gasteiger partial charge in [-0.25, -0.2) is 8.42 Å². The first-order valence-electron chi connectivity index (χ1n) is 7.95. The van der Waals surface area contributed by atoms with Gasteiger partial charge in [0.05, 0.1) is 23.7 Å². The molecule has 0 aromatic heterocycles. The van der Waals surface area contributed by atoms with Gasteiger partial charge in [-0.3, -0.25) is 9.52 Å². The molecule has 1 heterocycles. The molecule has 0 saturated carbocycles. The van der Waals surface area contributed by atoms with Gasteiger partial charge in [0.15, 0.2) is 0 Å². The Morgan fingerprint density at radius 1 is 1.24 bits per heavy atom. The van der Waals surface area contributed by atoms with E-state index in [0.717, 1.165) is 11.1 Å². The van der Waals surface area contributed by atoms with Gasteiger partial charge in [-0.15, -0.1) is 0 Å². The van der Waals surface area contributed by atoms with E-state index in [-0.39, 0.29) is 11.7 Å². The Hall–Kier alpha value is -2.54. The van der Waals surface area contributed by atoms with Crippen LogP contribution in [0.4, 0.5) is 11.4 Å². The Morgan fingerprint density at radius 2 is 2.04 bits per heavy atom. The lowest BCUT2D eigenvalue weighted by molar-refractivity contribution is -0.116. The fourth-order valence-corrected chi connectivity index (χ4v) is 4.02. The summed E-state index contributed by atoms with van der Waals surface area (Å²) < 4.78 is 33.0. The third-order valence-corrected chi connectivity index (χ3v) is 5.17. The number of carbonyl (C=O) groups is 1. The third-order valence-electron chi connectivity index (χ3n) is 3.91. The molecule has 2 aromatic carbocycles. The molecule has 0 radical (unpaired) electrons. The highest BCUT2D eigenvalue weighted by Gasteiger charge is 2.22. The first-order valence-corrected chi connectivity index (χ1v) is 9.60. The fraction of sp³-hybridized carbons (Fsp3) is 0.278. The van der Waals surface area contributed by atoms with Crippen molar-refractivity contribution in [2.24, 2.45) is 0 Å². The number of benzene rings is 2. The Bertz CT molecular complexity index is 909. The van der Waals surface area contributed by atoms with Crippen LogP contribution in [0, 0.1) is 6.92 Å². The van der Waals surface area contributed by atoms with Crippen LogP contribution in [0.1, 0.15) is 18.1 Å². The van der Waals surface area contributed by atoms with Crippen molar-refractivity contribution in [1.29, 1.82) is 0 Å². The minimum atomic E-state index is -3.56. The Balaban J connectivity index is 1.83.